The largest absolute Gasteiger partial charge is 0.481 e. The van der Waals surface area contributed by atoms with Crippen LogP contribution >= 0.6 is 0 Å². The van der Waals surface area contributed by atoms with Gasteiger partial charge in [0, 0.05) is 38.6 Å². The fourth-order valence-electron chi connectivity index (χ4n) is 3.33. The number of hydrogen-bond donors (Lipinski definition) is 0. The zero-order chi connectivity index (χ0) is 18.6. The van der Waals surface area contributed by atoms with Gasteiger partial charge in [-0.2, -0.15) is 0 Å². The van der Waals surface area contributed by atoms with E-state index in [4.69, 9.17) is 4.74 Å². The summed E-state index contributed by atoms with van der Waals surface area (Å²) in [6.07, 6.45) is 2.95. The quantitative estimate of drug-likeness (QED) is 0.714. The van der Waals surface area contributed by atoms with Crippen LogP contribution in [0.2, 0.25) is 0 Å². The van der Waals surface area contributed by atoms with E-state index in [1.54, 1.807) is 18.5 Å². The van der Waals surface area contributed by atoms with Crippen molar-refractivity contribution in [2.75, 3.05) is 31.1 Å². The van der Waals surface area contributed by atoms with Gasteiger partial charge >= 0.3 is 0 Å². The SMILES string of the molecule is CC(Oc1ccc2ccccc2c1)C(=O)N1CCN(c2ncccn2)CC1. The van der Waals surface area contributed by atoms with E-state index in [0.29, 0.717) is 24.8 Å². The van der Waals surface area contributed by atoms with Gasteiger partial charge < -0.3 is 14.5 Å². The lowest BCUT2D eigenvalue weighted by atomic mass is 10.1. The summed E-state index contributed by atoms with van der Waals surface area (Å²) in [5, 5.41) is 2.26. The van der Waals surface area contributed by atoms with Crippen LogP contribution in [0.1, 0.15) is 6.92 Å². The van der Waals surface area contributed by atoms with E-state index < -0.39 is 6.10 Å². The Hall–Kier alpha value is -3.15. The summed E-state index contributed by atoms with van der Waals surface area (Å²) in [6, 6.07) is 15.8. The number of fused-ring (bicyclic) bond motifs is 1. The van der Waals surface area contributed by atoms with Gasteiger partial charge in [0.25, 0.3) is 5.91 Å². The van der Waals surface area contributed by atoms with E-state index in [0.717, 1.165) is 23.9 Å². The van der Waals surface area contributed by atoms with Crippen LogP contribution < -0.4 is 9.64 Å². The Balaban J connectivity index is 1.36. The third-order valence-electron chi connectivity index (χ3n) is 4.81. The first kappa shape index (κ1) is 17.3. The number of hydrogen-bond acceptors (Lipinski definition) is 5. The zero-order valence-electron chi connectivity index (χ0n) is 15.3. The standard InChI is InChI=1S/C21H22N4O2/c1-16(27-19-8-7-17-5-2-3-6-18(17)15-19)20(26)24-11-13-25(14-12-24)21-22-9-4-10-23-21/h2-10,15-16H,11-14H2,1H3. The van der Waals surface area contributed by atoms with Crippen LogP contribution in [-0.2, 0) is 4.79 Å². The molecule has 138 valence electrons. The first-order valence-corrected chi connectivity index (χ1v) is 9.17. The molecule has 1 aromatic heterocycles. The molecule has 0 spiro atoms. The first-order chi connectivity index (χ1) is 13.2. The molecule has 2 aromatic carbocycles. The molecule has 1 atom stereocenters. The number of carbonyl (C=O) groups excluding carboxylic acids is 1. The van der Waals surface area contributed by atoms with Crippen molar-refractivity contribution in [1.29, 1.82) is 0 Å². The Morgan fingerprint density at radius 2 is 1.67 bits per heavy atom. The van der Waals surface area contributed by atoms with E-state index in [1.807, 2.05) is 48.2 Å². The van der Waals surface area contributed by atoms with Crippen LogP contribution in [0.25, 0.3) is 10.8 Å². The van der Waals surface area contributed by atoms with E-state index >= 15 is 0 Å². The molecule has 1 amide bonds. The van der Waals surface area contributed by atoms with E-state index in [1.165, 1.54) is 0 Å². The molecule has 6 nitrogen and oxygen atoms in total. The maximum atomic E-state index is 12.8. The number of piperazine rings is 1. The molecule has 27 heavy (non-hydrogen) atoms. The van der Waals surface area contributed by atoms with Crippen molar-refractivity contribution < 1.29 is 9.53 Å². The third kappa shape index (κ3) is 3.84. The molecule has 1 aliphatic rings. The topological polar surface area (TPSA) is 58.6 Å². The predicted octanol–water partition coefficient (Wildman–Crippen LogP) is 2.75. The molecule has 1 unspecified atom stereocenters. The molecule has 4 rings (SSSR count). The Morgan fingerprint density at radius 3 is 2.41 bits per heavy atom. The minimum Gasteiger partial charge on any atom is -0.481 e. The molecule has 0 bridgehead atoms. The monoisotopic (exact) mass is 362 g/mol. The van der Waals surface area contributed by atoms with Gasteiger partial charge in [-0.25, -0.2) is 9.97 Å². The second-order valence-electron chi connectivity index (χ2n) is 6.63. The highest BCUT2D eigenvalue weighted by Gasteiger charge is 2.26. The fourth-order valence-corrected chi connectivity index (χ4v) is 3.33. The second kappa shape index (κ2) is 7.61. The Kier molecular flexibility index (Phi) is 4.87. The molecule has 2 heterocycles. The molecule has 1 fully saturated rings. The normalized spacial score (nSPS) is 15.6. The highest BCUT2D eigenvalue weighted by atomic mass is 16.5. The van der Waals surface area contributed by atoms with Gasteiger partial charge in [-0.3, -0.25) is 4.79 Å². The number of nitrogens with zero attached hydrogens (tertiary/aromatic N) is 4. The van der Waals surface area contributed by atoms with Crippen LogP contribution in [0.4, 0.5) is 5.95 Å². The van der Waals surface area contributed by atoms with Gasteiger partial charge in [0.15, 0.2) is 6.10 Å². The van der Waals surface area contributed by atoms with Gasteiger partial charge in [-0.05, 0) is 35.9 Å². The van der Waals surface area contributed by atoms with E-state index in [-0.39, 0.29) is 5.91 Å². The van der Waals surface area contributed by atoms with Crippen molar-refractivity contribution >= 4 is 22.6 Å². The molecular weight excluding hydrogens is 340 g/mol. The number of anilines is 1. The zero-order valence-corrected chi connectivity index (χ0v) is 15.3. The Morgan fingerprint density at radius 1 is 0.963 bits per heavy atom. The number of amides is 1. The number of ether oxygens (including phenoxy) is 1. The summed E-state index contributed by atoms with van der Waals surface area (Å²) in [5.74, 6) is 1.44. The highest BCUT2D eigenvalue weighted by Crippen LogP contribution is 2.22. The van der Waals surface area contributed by atoms with Gasteiger partial charge in [0.1, 0.15) is 5.75 Å². The second-order valence-corrected chi connectivity index (χ2v) is 6.63. The molecule has 3 aromatic rings. The Bertz CT molecular complexity index is 924. The third-order valence-corrected chi connectivity index (χ3v) is 4.81. The number of benzene rings is 2. The van der Waals surface area contributed by atoms with Crippen molar-refractivity contribution in [3.05, 3.63) is 60.9 Å². The summed E-state index contributed by atoms with van der Waals surface area (Å²) in [5.41, 5.74) is 0. The number of rotatable bonds is 4. The van der Waals surface area contributed by atoms with Crippen molar-refractivity contribution in [2.24, 2.45) is 0 Å². The van der Waals surface area contributed by atoms with Crippen LogP contribution in [0, 0.1) is 0 Å². The maximum absolute atomic E-state index is 12.8. The lowest BCUT2D eigenvalue weighted by Gasteiger charge is -2.35. The summed E-state index contributed by atoms with van der Waals surface area (Å²) < 4.78 is 5.92. The fraction of sp³-hybridized carbons (Fsp3) is 0.286. The average Bonchev–Trinajstić information content (AvgIpc) is 2.74. The van der Waals surface area contributed by atoms with Crippen LogP contribution in [-0.4, -0.2) is 53.1 Å². The summed E-state index contributed by atoms with van der Waals surface area (Å²) in [4.78, 5) is 25.3. The van der Waals surface area contributed by atoms with Crippen LogP contribution in [0.5, 0.6) is 5.75 Å². The molecule has 0 radical (unpaired) electrons. The maximum Gasteiger partial charge on any atom is 0.263 e. The summed E-state index contributed by atoms with van der Waals surface area (Å²) in [7, 11) is 0. The number of carbonyl (C=O) groups is 1. The Labute approximate surface area is 158 Å². The van der Waals surface area contributed by atoms with Gasteiger partial charge in [0.2, 0.25) is 5.95 Å². The van der Waals surface area contributed by atoms with E-state index in [2.05, 4.69) is 20.9 Å². The van der Waals surface area contributed by atoms with Crippen molar-refractivity contribution in [2.45, 2.75) is 13.0 Å². The number of aromatic nitrogens is 2. The molecule has 0 N–H and O–H groups in total. The van der Waals surface area contributed by atoms with Crippen molar-refractivity contribution in [1.82, 2.24) is 14.9 Å². The van der Waals surface area contributed by atoms with Gasteiger partial charge in [-0.15, -0.1) is 0 Å². The lowest BCUT2D eigenvalue weighted by Crippen LogP contribution is -2.52. The predicted molar refractivity (Wildman–Crippen MR) is 105 cm³/mol. The van der Waals surface area contributed by atoms with Crippen LogP contribution in [0.15, 0.2) is 60.9 Å². The van der Waals surface area contributed by atoms with Crippen molar-refractivity contribution in [3.63, 3.8) is 0 Å². The van der Waals surface area contributed by atoms with E-state index in [9.17, 15) is 4.79 Å². The first-order valence-electron chi connectivity index (χ1n) is 9.17. The smallest absolute Gasteiger partial charge is 0.263 e. The minimum absolute atomic E-state index is 0.0109. The minimum atomic E-state index is -0.523. The summed E-state index contributed by atoms with van der Waals surface area (Å²) in [6.45, 7) is 4.53. The van der Waals surface area contributed by atoms with Crippen molar-refractivity contribution in [3.8, 4) is 5.75 Å². The van der Waals surface area contributed by atoms with Crippen LogP contribution in [0.3, 0.4) is 0 Å². The van der Waals surface area contributed by atoms with Gasteiger partial charge in [-0.1, -0.05) is 30.3 Å². The summed E-state index contributed by atoms with van der Waals surface area (Å²) >= 11 is 0. The van der Waals surface area contributed by atoms with Gasteiger partial charge in [0.05, 0.1) is 0 Å². The molecule has 0 aliphatic carbocycles. The highest BCUT2D eigenvalue weighted by molar-refractivity contribution is 5.84. The molecule has 6 heteroatoms. The molecule has 0 saturated carbocycles. The molecule has 1 aliphatic heterocycles. The molecule has 1 saturated heterocycles. The molecular formula is C21H22N4O2. The lowest BCUT2D eigenvalue weighted by molar-refractivity contribution is -0.138. The average molecular weight is 362 g/mol.